The maximum Gasteiger partial charge on any atom is 0.219 e. The highest BCUT2D eigenvalue weighted by Crippen LogP contribution is 2.26. The number of nitrogens with one attached hydrogen (secondary N) is 2. The summed E-state index contributed by atoms with van der Waals surface area (Å²) in [5.41, 5.74) is 2.27. The van der Waals surface area contributed by atoms with Gasteiger partial charge in [-0.05, 0) is 37.9 Å². The third kappa shape index (κ3) is 3.58. The van der Waals surface area contributed by atoms with Crippen LogP contribution in [0.25, 0.3) is 11.6 Å². The van der Waals surface area contributed by atoms with Crippen LogP contribution < -0.4 is 10.6 Å². The molecule has 0 spiro atoms. The minimum atomic E-state index is 0.137. The topological polar surface area (TPSA) is 83.3 Å². The van der Waals surface area contributed by atoms with Crippen LogP contribution in [-0.2, 0) is 17.6 Å². The Kier molecular flexibility index (Phi) is 4.88. The molecule has 0 radical (unpaired) electrons. The normalized spacial score (nSPS) is 20.3. The van der Waals surface area contributed by atoms with E-state index in [1.165, 1.54) is 5.56 Å². The highest BCUT2D eigenvalue weighted by molar-refractivity contribution is 5.73. The van der Waals surface area contributed by atoms with Crippen molar-refractivity contribution in [1.29, 1.82) is 0 Å². The molecule has 0 bridgehead atoms. The van der Waals surface area contributed by atoms with Gasteiger partial charge in [0.2, 0.25) is 5.91 Å². The van der Waals surface area contributed by atoms with Crippen molar-refractivity contribution in [3.63, 3.8) is 0 Å². The predicted octanol–water partition coefficient (Wildman–Crippen LogP) is 1.85. The lowest BCUT2D eigenvalue weighted by molar-refractivity contribution is -0.129. The van der Waals surface area contributed by atoms with Gasteiger partial charge in [0.05, 0.1) is 12.0 Å². The van der Waals surface area contributed by atoms with Crippen LogP contribution in [0.5, 0.6) is 0 Å². The molecule has 0 aromatic carbocycles. The molecular formula is C19H25N5O2. The van der Waals surface area contributed by atoms with Crippen molar-refractivity contribution in [1.82, 2.24) is 20.2 Å². The zero-order valence-corrected chi connectivity index (χ0v) is 15.1. The zero-order valence-electron chi connectivity index (χ0n) is 15.1. The molecule has 0 unspecified atom stereocenters. The molecule has 1 fully saturated rings. The lowest BCUT2D eigenvalue weighted by Crippen LogP contribution is -2.44. The number of likely N-dealkylation sites (tertiary alicyclic amines) is 1. The van der Waals surface area contributed by atoms with Crippen LogP contribution >= 0.6 is 0 Å². The maximum absolute atomic E-state index is 11.7. The number of piperidine rings is 1. The standard InChI is InChI=1S/C19H25N5O2/c1-13(25)24-10-2-4-14(12-24)21-18-15-6-8-20-9-7-16(15)22-19(23-18)17-5-3-11-26-17/h3,5,11,14,20H,2,4,6-10,12H2,1H3,(H,21,22,23)/t14-/m0/s1. The number of amides is 1. The largest absolute Gasteiger partial charge is 0.461 e. The summed E-state index contributed by atoms with van der Waals surface area (Å²) in [4.78, 5) is 23.2. The number of carbonyl (C=O) groups is 1. The number of anilines is 1. The summed E-state index contributed by atoms with van der Waals surface area (Å²) in [5, 5.41) is 7.04. The molecule has 4 heterocycles. The Morgan fingerprint density at radius 3 is 3.04 bits per heavy atom. The second-order valence-corrected chi connectivity index (χ2v) is 7.00. The molecule has 26 heavy (non-hydrogen) atoms. The summed E-state index contributed by atoms with van der Waals surface area (Å²) >= 11 is 0. The molecule has 7 nitrogen and oxygen atoms in total. The Hall–Kier alpha value is -2.41. The number of furan rings is 1. The van der Waals surface area contributed by atoms with E-state index in [1.54, 1.807) is 13.2 Å². The van der Waals surface area contributed by atoms with E-state index >= 15 is 0 Å². The molecule has 1 amide bonds. The Bertz CT molecular complexity index is 774. The van der Waals surface area contributed by atoms with Gasteiger partial charge >= 0.3 is 0 Å². The van der Waals surface area contributed by atoms with Gasteiger partial charge in [-0.25, -0.2) is 9.97 Å². The van der Waals surface area contributed by atoms with Crippen LogP contribution in [0.3, 0.4) is 0 Å². The maximum atomic E-state index is 11.7. The lowest BCUT2D eigenvalue weighted by Gasteiger charge is -2.33. The Balaban J connectivity index is 1.65. The number of hydrogen-bond acceptors (Lipinski definition) is 6. The number of rotatable bonds is 3. The molecule has 1 saturated heterocycles. The fraction of sp³-hybridized carbons (Fsp3) is 0.526. The summed E-state index contributed by atoms with van der Waals surface area (Å²) in [5.74, 6) is 2.33. The summed E-state index contributed by atoms with van der Waals surface area (Å²) in [6, 6.07) is 3.95. The molecule has 4 rings (SSSR count). The van der Waals surface area contributed by atoms with Gasteiger partial charge < -0.3 is 20.0 Å². The van der Waals surface area contributed by atoms with Gasteiger partial charge in [0.15, 0.2) is 11.6 Å². The molecule has 2 aliphatic rings. The van der Waals surface area contributed by atoms with Gasteiger partial charge in [-0.3, -0.25) is 4.79 Å². The highest BCUT2D eigenvalue weighted by atomic mass is 16.3. The van der Waals surface area contributed by atoms with Gasteiger partial charge in [0.1, 0.15) is 5.82 Å². The minimum Gasteiger partial charge on any atom is -0.461 e. The van der Waals surface area contributed by atoms with Crippen molar-refractivity contribution in [2.24, 2.45) is 0 Å². The summed E-state index contributed by atoms with van der Waals surface area (Å²) in [7, 11) is 0. The fourth-order valence-electron chi connectivity index (χ4n) is 3.75. The third-order valence-electron chi connectivity index (χ3n) is 5.13. The van der Waals surface area contributed by atoms with E-state index in [-0.39, 0.29) is 11.9 Å². The quantitative estimate of drug-likeness (QED) is 0.874. The highest BCUT2D eigenvalue weighted by Gasteiger charge is 2.24. The first kappa shape index (κ1) is 17.0. The van der Waals surface area contributed by atoms with Gasteiger partial charge in [-0.1, -0.05) is 0 Å². The van der Waals surface area contributed by atoms with Crippen molar-refractivity contribution < 1.29 is 9.21 Å². The average molecular weight is 355 g/mol. The molecule has 1 atom stereocenters. The van der Waals surface area contributed by atoms with E-state index in [0.29, 0.717) is 11.6 Å². The molecule has 2 aromatic heterocycles. The van der Waals surface area contributed by atoms with Crippen LogP contribution in [0.2, 0.25) is 0 Å². The van der Waals surface area contributed by atoms with E-state index < -0.39 is 0 Å². The summed E-state index contributed by atoms with van der Waals surface area (Å²) < 4.78 is 5.51. The third-order valence-corrected chi connectivity index (χ3v) is 5.13. The molecule has 2 aliphatic heterocycles. The predicted molar refractivity (Wildman–Crippen MR) is 98.9 cm³/mol. The van der Waals surface area contributed by atoms with Gasteiger partial charge in [0, 0.05) is 44.6 Å². The zero-order chi connectivity index (χ0) is 17.9. The van der Waals surface area contributed by atoms with Crippen LogP contribution in [0, 0.1) is 0 Å². The SMILES string of the molecule is CC(=O)N1CCC[C@H](Nc2nc(-c3ccco3)nc3c2CCNCC3)C1. The summed E-state index contributed by atoms with van der Waals surface area (Å²) in [6.07, 6.45) is 5.47. The molecule has 0 saturated carbocycles. The lowest BCUT2D eigenvalue weighted by atomic mass is 10.0. The molecule has 7 heteroatoms. The van der Waals surface area contributed by atoms with Gasteiger partial charge in [0.25, 0.3) is 0 Å². The van der Waals surface area contributed by atoms with E-state index in [9.17, 15) is 4.79 Å². The average Bonchev–Trinajstić information content (AvgIpc) is 3.07. The van der Waals surface area contributed by atoms with Crippen molar-refractivity contribution in [2.75, 3.05) is 31.5 Å². The van der Waals surface area contributed by atoms with Crippen LogP contribution in [0.4, 0.5) is 5.82 Å². The van der Waals surface area contributed by atoms with E-state index in [4.69, 9.17) is 14.4 Å². The molecule has 2 N–H and O–H groups in total. The number of carbonyl (C=O) groups excluding carboxylic acids is 1. The number of fused-ring (bicyclic) bond motifs is 1. The first-order chi connectivity index (χ1) is 12.7. The monoisotopic (exact) mass is 355 g/mol. The van der Waals surface area contributed by atoms with Crippen molar-refractivity contribution in [3.05, 3.63) is 29.7 Å². The van der Waals surface area contributed by atoms with Crippen molar-refractivity contribution in [3.8, 4) is 11.6 Å². The van der Waals surface area contributed by atoms with Crippen LogP contribution in [0.15, 0.2) is 22.8 Å². The second kappa shape index (κ2) is 7.45. The number of hydrogen-bond donors (Lipinski definition) is 2. The summed E-state index contributed by atoms with van der Waals surface area (Å²) in [6.45, 7) is 5.05. The van der Waals surface area contributed by atoms with Crippen LogP contribution in [0.1, 0.15) is 31.0 Å². The van der Waals surface area contributed by atoms with Gasteiger partial charge in [-0.2, -0.15) is 0 Å². The minimum absolute atomic E-state index is 0.137. The molecule has 0 aliphatic carbocycles. The number of aromatic nitrogens is 2. The number of nitrogens with zero attached hydrogens (tertiary/aromatic N) is 3. The van der Waals surface area contributed by atoms with E-state index in [1.807, 2.05) is 17.0 Å². The van der Waals surface area contributed by atoms with Crippen molar-refractivity contribution >= 4 is 11.7 Å². The molecule has 2 aromatic rings. The molecule has 138 valence electrons. The fourth-order valence-corrected chi connectivity index (χ4v) is 3.75. The second-order valence-electron chi connectivity index (χ2n) is 7.00. The van der Waals surface area contributed by atoms with E-state index in [2.05, 4.69) is 10.6 Å². The molecular weight excluding hydrogens is 330 g/mol. The first-order valence-electron chi connectivity index (χ1n) is 9.37. The van der Waals surface area contributed by atoms with Gasteiger partial charge in [-0.15, -0.1) is 0 Å². The Morgan fingerprint density at radius 1 is 1.35 bits per heavy atom. The van der Waals surface area contributed by atoms with E-state index in [0.717, 1.165) is 63.4 Å². The Labute approximate surface area is 153 Å². The van der Waals surface area contributed by atoms with Crippen LogP contribution in [-0.4, -0.2) is 53.0 Å². The smallest absolute Gasteiger partial charge is 0.219 e. The Morgan fingerprint density at radius 2 is 2.23 bits per heavy atom. The first-order valence-corrected chi connectivity index (χ1v) is 9.37. The van der Waals surface area contributed by atoms with Crippen molar-refractivity contribution in [2.45, 2.75) is 38.6 Å².